The Morgan fingerprint density at radius 2 is 2.03 bits per heavy atom. The maximum Gasteiger partial charge on any atom is 0.245 e. The van der Waals surface area contributed by atoms with Gasteiger partial charge in [0.1, 0.15) is 11.9 Å². The molecule has 0 bridgehead atoms. The molecule has 8 nitrogen and oxygen atoms in total. The van der Waals surface area contributed by atoms with Gasteiger partial charge in [0.2, 0.25) is 28.8 Å². The van der Waals surface area contributed by atoms with Gasteiger partial charge in [0.15, 0.2) is 0 Å². The van der Waals surface area contributed by atoms with Crippen LogP contribution in [-0.4, -0.2) is 50.4 Å². The number of hydrogen-bond donors (Lipinski definition) is 1. The maximum absolute atomic E-state index is 14.7. The Morgan fingerprint density at radius 3 is 2.62 bits per heavy atom. The number of nitrogens with zero attached hydrogens (tertiary/aromatic N) is 2. The largest absolute Gasteiger partial charge is 0.308 e. The second-order valence-corrected chi connectivity index (χ2v) is 10.9. The van der Waals surface area contributed by atoms with Gasteiger partial charge in [-0.25, -0.2) is 17.5 Å². The summed E-state index contributed by atoms with van der Waals surface area (Å²) in [6.45, 7) is 1.71. The van der Waals surface area contributed by atoms with E-state index in [1.54, 1.807) is 19.1 Å². The lowest BCUT2D eigenvalue weighted by Crippen LogP contribution is -2.42. The molecule has 1 saturated heterocycles. The first-order chi connectivity index (χ1) is 15.1. The van der Waals surface area contributed by atoms with Crippen LogP contribution in [0.1, 0.15) is 29.8 Å². The van der Waals surface area contributed by atoms with Crippen molar-refractivity contribution in [2.45, 2.75) is 31.8 Å². The second-order valence-electron chi connectivity index (χ2n) is 7.27. The summed E-state index contributed by atoms with van der Waals surface area (Å²) < 4.78 is 42.6. The van der Waals surface area contributed by atoms with Crippen molar-refractivity contribution in [2.24, 2.45) is 0 Å². The van der Waals surface area contributed by atoms with Crippen LogP contribution in [0.15, 0.2) is 30.3 Å². The van der Waals surface area contributed by atoms with Crippen molar-refractivity contribution in [3.63, 3.8) is 0 Å². The highest BCUT2D eigenvalue weighted by Gasteiger charge is 2.36. The third kappa shape index (κ3) is 5.52. The van der Waals surface area contributed by atoms with E-state index in [1.165, 1.54) is 28.4 Å². The lowest BCUT2D eigenvalue weighted by Gasteiger charge is -2.22. The molecule has 0 aliphatic carbocycles. The lowest BCUT2D eigenvalue weighted by atomic mass is 10.1. The number of imide groups is 1. The van der Waals surface area contributed by atoms with Crippen LogP contribution in [-0.2, 0) is 30.8 Å². The predicted molar refractivity (Wildman–Crippen MR) is 119 cm³/mol. The van der Waals surface area contributed by atoms with Crippen molar-refractivity contribution in [1.29, 1.82) is 0 Å². The molecule has 2 heterocycles. The van der Waals surface area contributed by atoms with Crippen LogP contribution in [0.4, 0.5) is 10.1 Å². The number of amides is 3. The molecule has 2 aromatic rings. The predicted octanol–water partition coefficient (Wildman–Crippen LogP) is 2.48. The zero-order valence-electron chi connectivity index (χ0n) is 17.0. The number of carbonyl (C=O) groups is 3. The van der Waals surface area contributed by atoms with Crippen molar-refractivity contribution in [1.82, 2.24) is 9.62 Å². The normalized spacial score (nSPS) is 17.4. The van der Waals surface area contributed by atoms with E-state index < -0.39 is 33.8 Å². The van der Waals surface area contributed by atoms with Gasteiger partial charge in [-0.1, -0.05) is 17.7 Å². The lowest BCUT2D eigenvalue weighted by molar-refractivity contribution is -0.131. The number of anilines is 1. The number of nitrogens with one attached hydrogen (secondary N) is 1. The Bertz CT molecular complexity index is 1120. The molecule has 1 aliphatic heterocycles. The molecular weight excluding hydrogens is 481 g/mol. The van der Waals surface area contributed by atoms with E-state index in [-0.39, 0.29) is 30.8 Å². The van der Waals surface area contributed by atoms with Crippen LogP contribution in [0, 0.1) is 5.82 Å². The molecule has 1 N–H and O–H groups in total. The van der Waals surface area contributed by atoms with Crippen LogP contribution >= 0.6 is 22.9 Å². The van der Waals surface area contributed by atoms with Gasteiger partial charge in [-0.15, -0.1) is 11.3 Å². The molecule has 0 saturated carbocycles. The standard InChI is InChI=1S/C20H21ClFN3O5S2/c1-13(24(11-26)12-27)14-2-4-18(16(22)10-14)25-8-6-17(20(25)28)23-32(29,30)9-7-15-3-5-19(21)31-15/h2-5,10-13,17,23H,6-9H2,1H3. The van der Waals surface area contributed by atoms with Crippen molar-refractivity contribution in [2.75, 3.05) is 17.2 Å². The fourth-order valence-electron chi connectivity index (χ4n) is 3.41. The number of carbonyl (C=O) groups excluding carboxylic acids is 3. The minimum atomic E-state index is -3.74. The van der Waals surface area contributed by atoms with E-state index in [9.17, 15) is 27.2 Å². The van der Waals surface area contributed by atoms with Crippen LogP contribution < -0.4 is 9.62 Å². The molecule has 2 atom stereocenters. The second kappa shape index (κ2) is 10.1. The molecule has 32 heavy (non-hydrogen) atoms. The monoisotopic (exact) mass is 501 g/mol. The van der Waals surface area contributed by atoms with Crippen molar-refractivity contribution < 1.29 is 27.2 Å². The molecule has 3 rings (SSSR count). The third-order valence-electron chi connectivity index (χ3n) is 5.21. The molecule has 172 valence electrons. The number of aryl methyl sites for hydroxylation is 1. The Hall–Kier alpha value is -2.34. The van der Waals surface area contributed by atoms with Gasteiger partial charge in [0.05, 0.1) is 21.8 Å². The number of sulfonamides is 1. The molecule has 1 fully saturated rings. The molecule has 0 spiro atoms. The van der Waals surface area contributed by atoms with Gasteiger partial charge >= 0.3 is 0 Å². The SMILES string of the molecule is CC(c1ccc(N2CCC(NS(=O)(=O)CCc3ccc(Cl)s3)C2=O)c(F)c1)N(C=O)C=O. The fraction of sp³-hybridized carbons (Fsp3) is 0.350. The van der Waals surface area contributed by atoms with Crippen LogP contribution in [0.5, 0.6) is 0 Å². The van der Waals surface area contributed by atoms with Gasteiger partial charge in [-0.3, -0.25) is 19.3 Å². The van der Waals surface area contributed by atoms with E-state index in [2.05, 4.69) is 4.72 Å². The first kappa shape index (κ1) is 24.3. The molecule has 1 aliphatic rings. The number of halogens is 2. The molecule has 12 heteroatoms. The quantitative estimate of drug-likeness (QED) is 0.504. The average Bonchev–Trinajstić information content (AvgIpc) is 3.33. The molecule has 0 radical (unpaired) electrons. The van der Waals surface area contributed by atoms with Gasteiger partial charge in [0, 0.05) is 11.4 Å². The van der Waals surface area contributed by atoms with Crippen LogP contribution in [0.2, 0.25) is 4.34 Å². The van der Waals surface area contributed by atoms with Gasteiger partial charge < -0.3 is 4.90 Å². The van der Waals surface area contributed by atoms with Crippen molar-refractivity contribution in [3.8, 4) is 0 Å². The highest BCUT2D eigenvalue weighted by molar-refractivity contribution is 7.89. The van der Waals surface area contributed by atoms with E-state index >= 15 is 0 Å². The Kier molecular flexibility index (Phi) is 7.65. The van der Waals surface area contributed by atoms with Crippen LogP contribution in [0.25, 0.3) is 0 Å². The Morgan fingerprint density at radius 1 is 1.31 bits per heavy atom. The van der Waals surface area contributed by atoms with Crippen molar-refractivity contribution in [3.05, 3.63) is 50.9 Å². The highest BCUT2D eigenvalue weighted by atomic mass is 35.5. The Labute approximate surface area is 194 Å². The van der Waals surface area contributed by atoms with Gasteiger partial charge in [0.25, 0.3) is 0 Å². The summed E-state index contributed by atoms with van der Waals surface area (Å²) in [5, 5.41) is 0. The maximum atomic E-state index is 14.7. The van der Waals surface area contributed by atoms with Crippen molar-refractivity contribution >= 4 is 57.4 Å². The topological polar surface area (TPSA) is 104 Å². The highest BCUT2D eigenvalue weighted by Crippen LogP contribution is 2.29. The summed E-state index contributed by atoms with van der Waals surface area (Å²) >= 11 is 7.14. The fourth-order valence-corrected chi connectivity index (χ4v) is 5.88. The summed E-state index contributed by atoms with van der Waals surface area (Å²) in [6, 6.07) is 5.82. The summed E-state index contributed by atoms with van der Waals surface area (Å²) in [6.07, 6.45) is 1.16. The van der Waals surface area contributed by atoms with E-state index in [0.717, 1.165) is 15.8 Å². The van der Waals surface area contributed by atoms with Crippen LogP contribution in [0.3, 0.4) is 0 Å². The third-order valence-corrected chi connectivity index (χ3v) is 7.89. The summed E-state index contributed by atoms with van der Waals surface area (Å²) in [5.41, 5.74) is 0.382. The molecule has 1 aromatic heterocycles. The minimum Gasteiger partial charge on any atom is -0.308 e. The van der Waals surface area contributed by atoms with E-state index in [1.807, 2.05) is 0 Å². The van der Waals surface area contributed by atoms with E-state index in [4.69, 9.17) is 11.6 Å². The Balaban J connectivity index is 1.66. The number of rotatable bonds is 10. The summed E-state index contributed by atoms with van der Waals surface area (Å²) in [5.74, 6) is -1.45. The first-order valence-corrected chi connectivity index (χ1v) is 12.5. The summed E-state index contributed by atoms with van der Waals surface area (Å²) in [4.78, 5) is 37.4. The smallest absolute Gasteiger partial charge is 0.245 e. The molecule has 3 amide bonds. The summed E-state index contributed by atoms with van der Waals surface area (Å²) in [7, 11) is -3.74. The zero-order valence-corrected chi connectivity index (χ0v) is 19.4. The molecule has 2 unspecified atom stereocenters. The number of hydrogen-bond acceptors (Lipinski definition) is 6. The minimum absolute atomic E-state index is 0.00429. The molecular formula is C20H21ClFN3O5S2. The average molecular weight is 502 g/mol. The zero-order chi connectivity index (χ0) is 23.5. The first-order valence-electron chi connectivity index (χ1n) is 9.68. The van der Waals surface area contributed by atoms with Gasteiger partial charge in [-0.2, -0.15) is 0 Å². The molecule has 1 aromatic carbocycles. The number of thiophene rings is 1. The van der Waals surface area contributed by atoms with E-state index in [0.29, 0.717) is 22.7 Å². The van der Waals surface area contributed by atoms with Gasteiger partial charge in [-0.05, 0) is 49.6 Å². The number of benzene rings is 1.